The van der Waals surface area contributed by atoms with Crippen molar-refractivity contribution in [2.24, 2.45) is 0 Å². The molecule has 0 bridgehead atoms. The minimum atomic E-state index is -0.160. The van der Waals surface area contributed by atoms with Crippen LogP contribution in [-0.2, 0) is 5.41 Å². The van der Waals surface area contributed by atoms with Crippen LogP contribution >= 0.6 is 11.3 Å². The van der Waals surface area contributed by atoms with Gasteiger partial charge in [-0.25, -0.2) is 0 Å². The van der Waals surface area contributed by atoms with E-state index in [0.29, 0.717) is 6.04 Å². The average Bonchev–Trinajstić information content (AvgIpc) is 3.55. The van der Waals surface area contributed by atoms with E-state index < -0.39 is 0 Å². The van der Waals surface area contributed by atoms with Crippen LogP contribution in [0.2, 0.25) is 0 Å². The van der Waals surface area contributed by atoms with Crippen molar-refractivity contribution in [3.05, 3.63) is 151 Å². The lowest BCUT2D eigenvalue weighted by atomic mass is 9.80. The van der Waals surface area contributed by atoms with Gasteiger partial charge < -0.3 is 4.90 Å². The maximum Gasteiger partial charge on any atom is 0.0638 e. The van der Waals surface area contributed by atoms with Crippen molar-refractivity contribution in [3.63, 3.8) is 0 Å². The number of benzene rings is 7. The molecule has 0 saturated heterocycles. The van der Waals surface area contributed by atoms with Crippen molar-refractivity contribution >= 4 is 70.1 Å². The molecule has 0 N–H and O–H groups in total. The second-order valence-electron chi connectivity index (χ2n) is 12.1. The fourth-order valence-electron chi connectivity index (χ4n) is 7.41. The Labute approximate surface area is 256 Å². The molecule has 1 aromatic heterocycles. The minimum Gasteiger partial charge on any atom is -0.309 e. The second-order valence-corrected chi connectivity index (χ2v) is 13.1. The van der Waals surface area contributed by atoms with Gasteiger partial charge in [-0.2, -0.15) is 0 Å². The molecule has 0 spiro atoms. The van der Waals surface area contributed by atoms with Crippen LogP contribution in [0.5, 0.6) is 0 Å². The number of hydrogen-bond acceptors (Lipinski definition) is 2. The lowest BCUT2D eigenvalue weighted by Crippen LogP contribution is -2.17. The van der Waals surface area contributed by atoms with Gasteiger partial charge in [0.15, 0.2) is 0 Å². The highest BCUT2D eigenvalue weighted by atomic mass is 32.1. The van der Waals surface area contributed by atoms with E-state index in [0.717, 1.165) is 27.1 Å². The molecule has 7 aromatic carbocycles. The van der Waals surface area contributed by atoms with Crippen LogP contribution in [0.25, 0.3) is 52.8 Å². The van der Waals surface area contributed by atoms with E-state index in [-0.39, 0.29) is 5.41 Å². The maximum absolute atomic E-state index is 8.66. The van der Waals surface area contributed by atoms with Crippen LogP contribution < -0.4 is 4.90 Å². The molecule has 8 aromatic rings. The zero-order valence-corrected chi connectivity index (χ0v) is 24.9. The molecule has 9 rings (SSSR count). The molecule has 43 heavy (non-hydrogen) atoms. The first-order valence-corrected chi connectivity index (χ1v) is 15.7. The summed E-state index contributed by atoms with van der Waals surface area (Å²) in [6, 6.07) is 48.9. The van der Waals surface area contributed by atoms with Crippen LogP contribution in [0.4, 0.5) is 17.1 Å². The van der Waals surface area contributed by atoms with Gasteiger partial charge >= 0.3 is 0 Å². The van der Waals surface area contributed by atoms with Gasteiger partial charge in [-0.15, -0.1) is 11.3 Å². The van der Waals surface area contributed by atoms with Gasteiger partial charge in [0.1, 0.15) is 0 Å². The predicted molar refractivity (Wildman–Crippen MR) is 187 cm³/mol. The third kappa shape index (κ3) is 3.51. The topological polar surface area (TPSA) is 3.24 Å². The molecule has 0 radical (unpaired) electrons. The van der Waals surface area contributed by atoms with E-state index >= 15 is 0 Å². The lowest BCUT2D eigenvalue weighted by Gasteiger charge is -2.30. The first-order chi connectivity index (χ1) is 21.5. The smallest absolute Gasteiger partial charge is 0.0638 e. The molecular weight excluding hydrogens is 539 g/mol. The lowest BCUT2D eigenvalue weighted by molar-refractivity contribution is 0.666. The van der Waals surface area contributed by atoms with Gasteiger partial charge in [-0.3, -0.25) is 0 Å². The Kier molecular flexibility index (Phi) is 4.96. The Morgan fingerprint density at radius 3 is 2.14 bits per heavy atom. The molecule has 1 heterocycles. The number of anilines is 3. The van der Waals surface area contributed by atoms with Crippen LogP contribution in [0.15, 0.2) is 140 Å². The molecule has 2 heteroatoms. The standard InChI is InChI=1S/C41H29NS/c1-41(2)34-25-28(22-24-31(34)32-23-21-27-12-4-6-15-30(27)40(32)41)42(35-17-9-13-26-11-3-5-14-29(26)35)36-18-10-20-38-39(36)33-16-7-8-19-37(33)43-38/h3-25H,1-2H3/i19D. The zero-order valence-electron chi connectivity index (χ0n) is 25.1. The third-order valence-electron chi connectivity index (χ3n) is 9.33. The molecule has 1 aliphatic carbocycles. The molecule has 0 aliphatic heterocycles. The molecule has 0 fully saturated rings. The van der Waals surface area contributed by atoms with E-state index in [1.807, 2.05) is 12.1 Å². The van der Waals surface area contributed by atoms with Gasteiger partial charge in [0.2, 0.25) is 0 Å². The monoisotopic (exact) mass is 568 g/mol. The fourth-order valence-corrected chi connectivity index (χ4v) is 8.50. The predicted octanol–water partition coefficient (Wildman–Crippen LogP) is 12.1. The molecular formula is C41H29NS. The summed E-state index contributed by atoms with van der Waals surface area (Å²) in [6.07, 6.45) is 0. The Morgan fingerprint density at radius 1 is 0.581 bits per heavy atom. The maximum atomic E-state index is 8.66. The number of hydrogen-bond donors (Lipinski definition) is 0. The summed E-state index contributed by atoms with van der Waals surface area (Å²) in [4.78, 5) is 2.45. The highest BCUT2D eigenvalue weighted by molar-refractivity contribution is 7.26. The average molecular weight is 569 g/mol. The highest BCUT2D eigenvalue weighted by Crippen LogP contribution is 2.54. The molecule has 0 unspecified atom stereocenters. The molecule has 0 atom stereocenters. The number of thiophene rings is 1. The van der Waals surface area contributed by atoms with E-state index in [1.165, 1.54) is 53.9 Å². The summed E-state index contributed by atoms with van der Waals surface area (Å²) in [5.74, 6) is 0. The van der Waals surface area contributed by atoms with Crippen LogP contribution in [0.3, 0.4) is 0 Å². The first kappa shape index (κ1) is 23.6. The largest absolute Gasteiger partial charge is 0.309 e. The summed E-state index contributed by atoms with van der Waals surface area (Å²) in [5, 5.41) is 7.38. The van der Waals surface area contributed by atoms with Crippen molar-refractivity contribution in [1.29, 1.82) is 0 Å². The summed E-state index contributed by atoms with van der Waals surface area (Å²) < 4.78 is 10.9. The van der Waals surface area contributed by atoms with Crippen molar-refractivity contribution < 1.29 is 1.37 Å². The number of rotatable bonds is 3. The quantitative estimate of drug-likeness (QED) is 0.205. The van der Waals surface area contributed by atoms with Crippen LogP contribution in [0.1, 0.15) is 26.3 Å². The molecule has 1 nitrogen and oxygen atoms in total. The van der Waals surface area contributed by atoms with Crippen molar-refractivity contribution in [2.45, 2.75) is 19.3 Å². The van der Waals surface area contributed by atoms with Gasteiger partial charge in [0, 0.05) is 36.7 Å². The SMILES string of the molecule is [2H]c1cccc2c1sc1cccc(N(c3ccc4c(c3)C(C)(C)c3c-4ccc4ccccc34)c3cccc4ccccc34)c12. The summed E-state index contributed by atoms with van der Waals surface area (Å²) >= 11 is 1.71. The van der Waals surface area contributed by atoms with Gasteiger partial charge in [-0.05, 0) is 74.8 Å². The Hall–Kier alpha value is -4.92. The van der Waals surface area contributed by atoms with Crippen molar-refractivity contribution in [1.82, 2.24) is 0 Å². The summed E-state index contributed by atoms with van der Waals surface area (Å²) in [6.45, 7) is 4.75. The fraction of sp³-hybridized carbons (Fsp3) is 0.0732. The molecule has 0 saturated carbocycles. The first-order valence-electron chi connectivity index (χ1n) is 15.4. The van der Waals surface area contributed by atoms with E-state index in [9.17, 15) is 0 Å². The minimum absolute atomic E-state index is 0.160. The zero-order chi connectivity index (χ0) is 29.6. The van der Waals surface area contributed by atoms with Gasteiger partial charge in [0.05, 0.1) is 12.7 Å². The van der Waals surface area contributed by atoms with E-state index in [1.54, 1.807) is 11.3 Å². The Balaban J connectivity index is 1.35. The summed E-state index contributed by atoms with van der Waals surface area (Å²) in [5.41, 5.74) is 8.67. The molecule has 204 valence electrons. The van der Waals surface area contributed by atoms with Gasteiger partial charge in [0.25, 0.3) is 0 Å². The highest BCUT2D eigenvalue weighted by Gasteiger charge is 2.37. The Bertz CT molecular complexity index is 2450. The van der Waals surface area contributed by atoms with Crippen LogP contribution in [0, 0.1) is 0 Å². The van der Waals surface area contributed by atoms with E-state index in [2.05, 4.69) is 140 Å². The number of fused-ring (bicyclic) bond motifs is 9. The molecule has 0 amide bonds. The Morgan fingerprint density at radius 2 is 1.26 bits per heavy atom. The molecule has 1 aliphatic rings. The normalized spacial score (nSPS) is 13.9. The third-order valence-corrected chi connectivity index (χ3v) is 10.4. The second kappa shape index (κ2) is 9.04. The summed E-state index contributed by atoms with van der Waals surface area (Å²) in [7, 11) is 0. The van der Waals surface area contributed by atoms with Crippen molar-refractivity contribution in [3.8, 4) is 11.1 Å². The van der Waals surface area contributed by atoms with Gasteiger partial charge in [-0.1, -0.05) is 117 Å². The van der Waals surface area contributed by atoms with Crippen LogP contribution in [-0.4, -0.2) is 0 Å². The van der Waals surface area contributed by atoms with Crippen molar-refractivity contribution in [2.75, 3.05) is 4.90 Å². The van der Waals surface area contributed by atoms with E-state index in [4.69, 9.17) is 1.37 Å². The number of nitrogens with zero attached hydrogens (tertiary/aromatic N) is 1.